The molecule has 0 saturated heterocycles. The maximum atomic E-state index is 12.8. The van der Waals surface area contributed by atoms with E-state index < -0.39 is 10.1 Å². The van der Waals surface area contributed by atoms with Gasteiger partial charge in [-0.3, -0.25) is 4.79 Å². The van der Waals surface area contributed by atoms with Gasteiger partial charge < -0.3 is 13.8 Å². The molecule has 170 valence electrons. The Hall–Kier alpha value is -2.54. The van der Waals surface area contributed by atoms with Crippen LogP contribution in [0.3, 0.4) is 0 Å². The van der Waals surface area contributed by atoms with Gasteiger partial charge in [0.25, 0.3) is 0 Å². The Bertz CT molecular complexity index is 961. The lowest BCUT2D eigenvalue weighted by Gasteiger charge is -2.31. The Morgan fingerprint density at radius 2 is 1.55 bits per heavy atom. The third-order valence-corrected chi connectivity index (χ3v) is 6.22. The van der Waals surface area contributed by atoms with Gasteiger partial charge in [0.1, 0.15) is 16.4 Å². The zero-order chi connectivity index (χ0) is 23.2. The lowest BCUT2D eigenvalue weighted by atomic mass is 9.91. The molecule has 0 aliphatic rings. The molecule has 6 nitrogen and oxygen atoms in total. The molecule has 0 N–H and O–H groups in total. The summed E-state index contributed by atoms with van der Waals surface area (Å²) in [6, 6.07) is 12.9. The molecule has 0 fully saturated rings. The predicted molar refractivity (Wildman–Crippen MR) is 122 cm³/mol. The highest BCUT2D eigenvalue weighted by molar-refractivity contribution is 7.87. The number of amides is 1. The van der Waals surface area contributed by atoms with Gasteiger partial charge in [0.2, 0.25) is 5.91 Å². The van der Waals surface area contributed by atoms with Crippen LogP contribution >= 0.6 is 0 Å². The molecule has 0 aliphatic carbocycles. The van der Waals surface area contributed by atoms with E-state index in [1.165, 1.54) is 19.2 Å². The molecule has 1 unspecified atom stereocenters. The zero-order valence-electron chi connectivity index (χ0n) is 19.2. The standard InChI is InChI=1S/C24H33NO5S/c1-7-18(2)25(23(26)16-24(3,4)5)17-19-8-10-21(11-9-19)30-31(27,28)22-14-12-20(29-6)13-15-22/h8-15,18H,7,16-17H2,1-6H3. The monoisotopic (exact) mass is 447 g/mol. The number of nitrogens with zero attached hydrogens (tertiary/aromatic N) is 1. The van der Waals surface area contributed by atoms with Gasteiger partial charge >= 0.3 is 10.1 Å². The van der Waals surface area contributed by atoms with Gasteiger partial charge in [-0.2, -0.15) is 8.42 Å². The number of ether oxygens (including phenoxy) is 1. The van der Waals surface area contributed by atoms with E-state index in [1.54, 1.807) is 36.4 Å². The summed E-state index contributed by atoms with van der Waals surface area (Å²) in [4.78, 5) is 14.8. The van der Waals surface area contributed by atoms with Crippen LogP contribution in [0.2, 0.25) is 0 Å². The van der Waals surface area contributed by atoms with Crippen molar-refractivity contribution in [2.45, 2.75) is 64.9 Å². The lowest BCUT2D eigenvalue weighted by molar-refractivity contribution is -0.135. The topological polar surface area (TPSA) is 72.9 Å². The maximum absolute atomic E-state index is 12.8. The van der Waals surface area contributed by atoms with Gasteiger partial charge in [0.05, 0.1) is 7.11 Å². The summed E-state index contributed by atoms with van der Waals surface area (Å²) in [5, 5.41) is 0. The molecular weight excluding hydrogens is 414 g/mol. The van der Waals surface area contributed by atoms with Crippen LogP contribution in [-0.4, -0.2) is 32.4 Å². The Kier molecular flexibility index (Phi) is 8.12. The number of benzene rings is 2. The molecule has 7 heteroatoms. The summed E-state index contributed by atoms with van der Waals surface area (Å²) < 4.78 is 35.3. The third kappa shape index (κ3) is 7.28. The van der Waals surface area contributed by atoms with E-state index in [0.717, 1.165) is 12.0 Å². The number of hydrogen-bond donors (Lipinski definition) is 0. The quantitative estimate of drug-likeness (QED) is 0.504. The van der Waals surface area contributed by atoms with Gasteiger partial charge in [-0.25, -0.2) is 0 Å². The molecule has 2 aromatic rings. The van der Waals surface area contributed by atoms with Crippen LogP contribution in [-0.2, 0) is 21.5 Å². The summed E-state index contributed by atoms with van der Waals surface area (Å²) in [5.74, 6) is 0.898. The molecule has 2 rings (SSSR count). The van der Waals surface area contributed by atoms with E-state index in [2.05, 4.69) is 27.7 Å². The molecule has 0 radical (unpaired) electrons. The number of methoxy groups -OCH3 is 1. The second-order valence-corrected chi connectivity index (χ2v) is 10.4. The Morgan fingerprint density at radius 1 is 1.00 bits per heavy atom. The maximum Gasteiger partial charge on any atom is 0.339 e. The average Bonchev–Trinajstić information content (AvgIpc) is 2.71. The van der Waals surface area contributed by atoms with Crippen LogP contribution in [0.5, 0.6) is 11.5 Å². The van der Waals surface area contributed by atoms with Crippen LogP contribution < -0.4 is 8.92 Å². The van der Waals surface area contributed by atoms with E-state index in [1.807, 2.05) is 11.8 Å². The largest absolute Gasteiger partial charge is 0.497 e. The predicted octanol–water partition coefficient (Wildman–Crippen LogP) is 5.03. The minimum atomic E-state index is -3.95. The first-order valence-electron chi connectivity index (χ1n) is 10.4. The van der Waals surface area contributed by atoms with E-state index >= 15 is 0 Å². The van der Waals surface area contributed by atoms with Crippen molar-refractivity contribution in [1.82, 2.24) is 4.90 Å². The van der Waals surface area contributed by atoms with Gasteiger partial charge in [-0.15, -0.1) is 0 Å². The molecule has 0 saturated carbocycles. The van der Waals surface area contributed by atoms with Crippen molar-refractivity contribution in [3.63, 3.8) is 0 Å². The smallest absolute Gasteiger partial charge is 0.339 e. The fourth-order valence-corrected chi connectivity index (χ4v) is 3.96. The molecular formula is C24H33NO5S. The molecule has 1 amide bonds. The van der Waals surface area contributed by atoms with Crippen molar-refractivity contribution in [3.05, 3.63) is 54.1 Å². The number of carbonyl (C=O) groups excluding carboxylic acids is 1. The van der Waals surface area contributed by atoms with Gasteiger partial charge in [0.15, 0.2) is 0 Å². The van der Waals surface area contributed by atoms with Crippen LogP contribution in [0.1, 0.15) is 53.0 Å². The van der Waals surface area contributed by atoms with Crippen molar-refractivity contribution >= 4 is 16.0 Å². The van der Waals surface area contributed by atoms with Crippen molar-refractivity contribution in [2.75, 3.05) is 7.11 Å². The minimum Gasteiger partial charge on any atom is -0.497 e. The van der Waals surface area contributed by atoms with E-state index in [4.69, 9.17) is 8.92 Å². The first kappa shape index (κ1) is 24.7. The highest BCUT2D eigenvalue weighted by Crippen LogP contribution is 2.24. The first-order chi connectivity index (χ1) is 14.4. The van der Waals surface area contributed by atoms with Crippen LogP contribution in [0, 0.1) is 5.41 Å². The molecule has 0 bridgehead atoms. The van der Waals surface area contributed by atoms with Crippen LogP contribution in [0.4, 0.5) is 0 Å². The summed E-state index contributed by atoms with van der Waals surface area (Å²) in [5.41, 5.74) is 0.827. The molecule has 0 aromatic heterocycles. The van der Waals surface area contributed by atoms with Crippen LogP contribution in [0.15, 0.2) is 53.4 Å². The van der Waals surface area contributed by atoms with Gasteiger partial charge in [-0.1, -0.05) is 39.8 Å². The van der Waals surface area contributed by atoms with E-state index in [9.17, 15) is 13.2 Å². The number of hydrogen-bond acceptors (Lipinski definition) is 5. The minimum absolute atomic E-state index is 0.0492. The summed E-state index contributed by atoms with van der Waals surface area (Å²) in [7, 11) is -2.43. The van der Waals surface area contributed by atoms with Gasteiger partial charge in [-0.05, 0) is 60.7 Å². The lowest BCUT2D eigenvalue weighted by Crippen LogP contribution is -2.39. The molecule has 0 heterocycles. The van der Waals surface area contributed by atoms with E-state index in [-0.39, 0.29) is 28.0 Å². The second-order valence-electron chi connectivity index (χ2n) is 8.87. The summed E-state index contributed by atoms with van der Waals surface area (Å²) in [6.45, 7) is 10.7. The third-order valence-electron chi connectivity index (χ3n) is 4.96. The Labute approximate surface area is 186 Å². The summed E-state index contributed by atoms with van der Waals surface area (Å²) >= 11 is 0. The highest BCUT2D eigenvalue weighted by atomic mass is 32.2. The zero-order valence-corrected chi connectivity index (χ0v) is 20.0. The number of rotatable bonds is 9. The molecule has 0 spiro atoms. The summed E-state index contributed by atoms with van der Waals surface area (Å²) in [6.07, 6.45) is 1.33. The fourth-order valence-electron chi connectivity index (χ4n) is 3.03. The Morgan fingerprint density at radius 3 is 2.03 bits per heavy atom. The van der Waals surface area contributed by atoms with Crippen molar-refractivity contribution in [1.29, 1.82) is 0 Å². The Balaban J connectivity index is 2.12. The van der Waals surface area contributed by atoms with E-state index in [0.29, 0.717) is 18.7 Å². The highest BCUT2D eigenvalue weighted by Gasteiger charge is 2.24. The van der Waals surface area contributed by atoms with Crippen LogP contribution in [0.25, 0.3) is 0 Å². The molecule has 1 atom stereocenters. The first-order valence-corrected chi connectivity index (χ1v) is 11.8. The normalized spacial score (nSPS) is 12.8. The van der Waals surface area contributed by atoms with Crippen molar-refractivity contribution in [3.8, 4) is 11.5 Å². The number of carbonyl (C=O) groups is 1. The second kappa shape index (κ2) is 10.2. The average molecular weight is 448 g/mol. The molecule has 31 heavy (non-hydrogen) atoms. The van der Waals surface area contributed by atoms with Gasteiger partial charge in [0, 0.05) is 19.0 Å². The molecule has 2 aromatic carbocycles. The fraction of sp³-hybridized carbons (Fsp3) is 0.458. The molecule has 0 aliphatic heterocycles. The van der Waals surface area contributed by atoms with Crippen molar-refractivity contribution < 1.29 is 22.1 Å². The SMILES string of the molecule is CCC(C)N(Cc1ccc(OS(=O)(=O)c2ccc(OC)cc2)cc1)C(=O)CC(C)(C)C. The van der Waals surface area contributed by atoms with Crippen molar-refractivity contribution in [2.24, 2.45) is 5.41 Å².